The Morgan fingerprint density at radius 1 is 0.769 bits per heavy atom. The number of halogens is 1. The zero-order valence-electron chi connectivity index (χ0n) is 14.5. The summed E-state index contributed by atoms with van der Waals surface area (Å²) < 4.78 is 2.32. The largest absolute Gasteiger partial charge is 4.00 e. The number of hydrogen-bond acceptors (Lipinski definition) is 2. The molecule has 0 aliphatic carbocycles. The molecule has 126 valence electrons. The van der Waals surface area contributed by atoms with Crippen LogP contribution in [0.2, 0.25) is 0 Å². The van der Waals surface area contributed by atoms with Crippen LogP contribution in [0.3, 0.4) is 0 Å². The van der Waals surface area contributed by atoms with Crippen molar-refractivity contribution < 1.29 is 21.5 Å². The molecule has 0 aliphatic rings. The van der Waals surface area contributed by atoms with E-state index in [1.54, 1.807) is 0 Å². The van der Waals surface area contributed by atoms with Gasteiger partial charge in [-0.05, 0) is 43.3 Å². The molecule has 0 unspecified atom stereocenters. The van der Waals surface area contributed by atoms with Gasteiger partial charge in [0.25, 0.3) is 0 Å². The molecule has 3 aromatic carbocycles. The van der Waals surface area contributed by atoms with E-state index in [2.05, 4.69) is 60.0 Å². The zero-order chi connectivity index (χ0) is 16.7. The summed E-state index contributed by atoms with van der Waals surface area (Å²) in [4.78, 5) is 0. The van der Waals surface area contributed by atoms with Gasteiger partial charge in [-0.25, -0.2) is 0 Å². The number of nitrogen functional groups attached to an aromatic ring is 2. The number of aromatic nitrogens is 1. The van der Waals surface area contributed by atoms with Crippen LogP contribution in [0, 0.1) is 0 Å². The van der Waals surface area contributed by atoms with Crippen molar-refractivity contribution in [2.45, 2.75) is 13.5 Å². The first-order chi connectivity index (χ1) is 11.7. The molecule has 0 spiro atoms. The van der Waals surface area contributed by atoms with E-state index in [1.165, 1.54) is 27.4 Å². The van der Waals surface area contributed by atoms with Crippen molar-refractivity contribution in [1.82, 2.24) is 0 Å². The Bertz CT molecular complexity index is 1070. The molecule has 26 heavy (non-hydrogen) atoms. The minimum Gasteiger partial charge on any atom is -1.00 e. The molecule has 0 atom stereocenters. The molecule has 0 fully saturated rings. The topological polar surface area (TPSA) is 55.9 Å². The Hall–Kier alpha value is -1.67. The minimum atomic E-state index is 0. The van der Waals surface area contributed by atoms with Crippen molar-refractivity contribution in [3.8, 4) is 11.3 Å². The van der Waals surface area contributed by atoms with E-state index in [0.29, 0.717) is 0 Å². The molecule has 4 rings (SSSR count). The molecule has 1 aromatic heterocycles. The van der Waals surface area contributed by atoms with Crippen LogP contribution in [0.4, 0.5) is 11.4 Å². The van der Waals surface area contributed by atoms with Crippen LogP contribution in [0.5, 0.6) is 0 Å². The van der Waals surface area contributed by atoms with Crippen LogP contribution in [-0.2, 0) is 6.54 Å². The van der Waals surface area contributed by atoms with Gasteiger partial charge in [-0.3, -0.25) is 0 Å². The summed E-state index contributed by atoms with van der Waals surface area (Å²) >= 11 is 0. The summed E-state index contributed by atoms with van der Waals surface area (Å²) in [6, 6.07) is 22.7. The number of pyridine rings is 1. The molecular formula is C21H20BrN3Pb+4. The van der Waals surface area contributed by atoms with Crippen LogP contribution in [0.25, 0.3) is 32.9 Å². The molecule has 0 saturated heterocycles. The molecule has 0 amide bonds. The van der Waals surface area contributed by atoms with Crippen molar-refractivity contribution in [3.63, 3.8) is 0 Å². The van der Waals surface area contributed by atoms with E-state index < -0.39 is 0 Å². The third kappa shape index (κ3) is 3.44. The Labute approximate surface area is 183 Å². The van der Waals surface area contributed by atoms with Crippen LogP contribution >= 0.6 is 0 Å². The summed E-state index contributed by atoms with van der Waals surface area (Å²) in [5.41, 5.74) is 17.2. The fraction of sp³-hybridized carbons (Fsp3) is 0.0952. The second kappa shape index (κ2) is 8.35. The summed E-state index contributed by atoms with van der Waals surface area (Å²) in [6.07, 6.45) is 0. The quantitative estimate of drug-likeness (QED) is 0.154. The fourth-order valence-corrected chi connectivity index (χ4v) is 3.49. The van der Waals surface area contributed by atoms with Crippen molar-refractivity contribution in [1.29, 1.82) is 0 Å². The number of aryl methyl sites for hydroxylation is 1. The van der Waals surface area contributed by atoms with Gasteiger partial charge in [-0.15, -0.1) is 0 Å². The van der Waals surface area contributed by atoms with Crippen LogP contribution in [0.1, 0.15) is 6.92 Å². The summed E-state index contributed by atoms with van der Waals surface area (Å²) in [5.74, 6) is 0. The van der Waals surface area contributed by atoms with Gasteiger partial charge in [0.05, 0.1) is 10.8 Å². The first-order valence-electron chi connectivity index (χ1n) is 8.18. The van der Waals surface area contributed by atoms with Gasteiger partial charge in [0.15, 0.2) is 0 Å². The molecule has 4 aromatic rings. The average molecular weight is 602 g/mol. The Kier molecular flexibility index (Phi) is 6.63. The number of anilines is 2. The summed E-state index contributed by atoms with van der Waals surface area (Å²) in [7, 11) is 0. The average Bonchev–Trinajstić information content (AvgIpc) is 2.61. The molecule has 0 radical (unpaired) electrons. The van der Waals surface area contributed by atoms with Gasteiger partial charge in [0.1, 0.15) is 6.54 Å². The van der Waals surface area contributed by atoms with Crippen LogP contribution in [0.15, 0.2) is 66.7 Å². The van der Waals surface area contributed by atoms with Gasteiger partial charge < -0.3 is 28.4 Å². The molecule has 4 N–H and O–H groups in total. The Morgan fingerprint density at radius 2 is 1.38 bits per heavy atom. The minimum absolute atomic E-state index is 0. The molecule has 1 heterocycles. The van der Waals surface area contributed by atoms with Crippen molar-refractivity contribution in [3.05, 3.63) is 66.7 Å². The fourth-order valence-electron chi connectivity index (χ4n) is 3.49. The first kappa shape index (κ1) is 20.6. The number of rotatable bonds is 2. The SMILES string of the molecule is CC[n+]1c(-c2ccccc2)c2cc(N)ccc2c2ccc(N)cc21.[Br-].[Pb+4]. The smallest absolute Gasteiger partial charge is 1.00 e. The first-order valence-corrected chi connectivity index (χ1v) is 8.18. The van der Waals surface area contributed by atoms with E-state index in [0.717, 1.165) is 23.4 Å². The Morgan fingerprint density at radius 3 is 2.04 bits per heavy atom. The van der Waals surface area contributed by atoms with Crippen molar-refractivity contribution in [2.75, 3.05) is 11.5 Å². The maximum Gasteiger partial charge on any atom is 4.00 e. The maximum absolute atomic E-state index is 6.10. The van der Waals surface area contributed by atoms with E-state index >= 15 is 0 Å². The standard InChI is InChI=1S/C21H19N3.BrH.Pb/c1-2-24-20-13-16(23)9-11-18(20)17-10-8-15(22)12-19(17)21(24)14-6-4-3-5-7-14;;/h3-13,23H,2,22H2,1H3;1H;/q;;+4. The number of nitrogens with zero attached hydrogens (tertiary/aromatic N) is 1. The molecule has 0 aliphatic heterocycles. The van der Waals surface area contributed by atoms with E-state index in [4.69, 9.17) is 11.5 Å². The van der Waals surface area contributed by atoms with Crippen molar-refractivity contribution in [2.24, 2.45) is 0 Å². The number of hydrogen-bond donors (Lipinski definition) is 2. The zero-order valence-corrected chi connectivity index (χ0v) is 20.0. The van der Waals surface area contributed by atoms with Gasteiger partial charge in [-0.2, -0.15) is 4.57 Å². The summed E-state index contributed by atoms with van der Waals surface area (Å²) in [6.45, 7) is 3.02. The molecule has 5 heteroatoms. The molecular weight excluding hydrogens is 581 g/mol. The monoisotopic (exact) mass is 601 g/mol. The molecule has 3 nitrogen and oxygen atoms in total. The predicted molar refractivity (Wildman–Crippen MR) is 107 cm³/mol. The number of fused-ring (bicyclic) bond motifs is 3. The van der Waals surface area contributed by atoms with Gasteiger partial charge >= 0.3 is 27.3 Å². The second-order valence-corrected chi connectivity index (χ2v) is 6.04. The van der Waals surface area contributed by atoms with Gasteiger partial charge in [-0.1, -0.05) is 24.3 Å². The van der Waals surface area contributed by atoms with Crippen LogP contribution in [-0.4, -0.2) is 27.3 Å². The van der Waals surface area contributed by atoms with E-state index in [-0.39, 0.29) is 44.3 Å². The van der Waals surface area contributed by atoms with E-state index in [9.17, 15) is 0 Å². The normalized spacial score (nSPS) is 10.3. The van der Waals surface area contributed by atoms with Gasteiger partial charge in [0.2, 0.25) is 11.2 Å². The molecule has 0 bridgehead atoms. The van der Waals surface area contributed by atoms with Crippen LogP contribution < -0.4 is 33.0 Å². The third-order valence-corrected chi connectivity index (χ3v) is 4.53. The summed E-state index contributed by atoms with van der Waals surface area (Å²) in [5, 5.41) is 3.56. The van der Waals surface area contributed by atoms with Gasteiger partial charge in [0, 0.05) is 28.4 Å². The predicted octanol–water partition coefficient (Wildman–Crippen LogP) is 0.755. The second-order valence-electron chi connectivity index (χ2n) is 6.04. The van der Waals surface area contributed by atoms with E-state index in [1.807, 2.05) is 18.2 Å². The number of benzene rings is 3. The Balaban J connectivity index is 0.00000121. The number of nitrogens with two attached hydrogens (primary N) is 2. The molecule has 0 saturated carbocycles. The van der Waals surface area contributed by atoms with Crippen molar-refractivity contribution >= 4 is 60.3 Å². The maximum atomic E-state index is 6.10. The third-order valence-electron chi connectivity index (χ3n) is 4.53.